The van der Waals surface area contributed by atoms with Gasteiger partial charge in [-0.1, -0.05) is 0 Å². The molecule has 0 aromatic carbocycles. The summed E-state index contributed by atoms with van der Waals surface area (Å²) in [5.41, 5.74) is 0. The monoisotopic (exact) mass is 293 g/mol. The van der Waals surface area contributed by atoms with Gasteiger partial charge in [0.15, 0.2) is 0 Å². The van der Waals surface area contributed by atoms with E-state index in [2.05, 4.69) is 0 Å². The van der Waals surface area contributed by atoms with Crippen LogP contribution in [0.15, 0.2) is 0 Å². The molecule has 17 valence electrons. The second-order valence-electron chi connectivity index (χ2n) is 0. The van der Waals surface area contributed by atoms with Crippen LogP contribution < -0.4 is 0 Å². The van der Waals surface area contributed by atoms with Gasteiger partial charge in [0.2, 0.25) is 0 Å². The van der Waals surface area contributed by atoms with E-state index in [1.54, 1.807) is 0 Å². The molecule has 0 rings (SSSR count). The normalized spacial score (nSPS) is 0.750. The Kier molecular flexibility index (Phi) is 64.3. The molecule has 0 N–H and O–H groups in total. The van der Waals surface area contributed by atoms with E-state index in [1.807, 2.05) is 0 Å². The molecule has 0 spiro atoms. The molecule has 0 atom stereocenters. The van der Waals surface area contributed by atoms with Crippen molar-refractivity contribution in [3.05, 3.63) is 0 Å². The molecule has 0 aliphatic heterocycles. The molecule has 0 unspecified atom stereocenters. The van der Waals surface area contributed by atoms with Gasteiger partial charge < -0.3 is 0 Å². The molecule has 0 aromatic heterocycles. The van der Waals surface area contributed by atoms with Crippen molar-refractivity contribution in [1.29, 1.82) is 0 Å². The molecule has 0 aliphatic carbocycles. The van der Waals surface area contributed by atoms with Gasteiger partial charge in [0.1, 0.15) is 0 Å². The van der Waals surface area contributed by atoms with E-state index in [9.17, 15) is 0 Å². The zero-order valence-electron chi connectivity index (χ0n) is 1.49. The van der Waals surface area contributed by atoms with E-state index in [1.165, 1.54) is 0 Å². The molecule has 1 radical (unpaired) electrons. The Balaban J connectivity index is -0.00000000500. The fraction of sp³-hybridized carbons (Fsp3) is 0. The van der Waals surface area contributed by atoms with Gasteiger partial charge >= 0.3 is 69.2 Å². The Bertz CT molecular complexity index is 8.00. The SMILES string of the molecule is [La].[O]=[Ti].[SrH2]. The van der Waals surface area contributed by atoms with E-state index < -0.39 is 0 Å². The Morgan fingerprint density at radius 1 is 1.25 bits per heavy atom. The van der Waals surface area contributed by atoms with Gasteiger partial charge in [-0.3, -0.25) is 0 Å². The van der Waals surface area contributed by atoms with Crippen molar-refractivity contribution >= 4 is 45.5 Å². The number of rotatable bonds is 0. The third kappa shape index (κ3) is 8.95. The number of hydrogen-bond donors (Lipinski definition) is 0. The molecule has 0 bridgehead atoms. The fourth-order valence-electron chi connectivity index (χ4n) is 0. The molecule has 1 nitrogen and oxygen atoms in total. The number of hydrogen-bond acceptors (Lipinski definition) is 1. The molecule has 0 amide bonds. The Morgan fingerprint density at radius 2 is 1.25 bits per heavy atom. The van der Waals surface area contributed by atoms with Crippen LogP contribution in [0.1, 0.15) is 0 Å². The summed E-state index contributed by atoms with van der Waals surface area (Å²) in [7, 11) is 0. The fourth-order valence-corrected chi connectivity index (χ4v) is 0. The first-order valence-electron chi connectivity index (χ1n) is 0.204. The van der Waals surface area contributed by atoms with Crippen LogP contribution >= 0.6 is 0 Å². The Morgan fingerprint density at radius 3 is 1.25 bits per heavy atom. The van der Waals surface area contributed by atoms with Crippen molar-refractivity contribution in [1.82, 2.24) is 0 Å². The molecule has 0 aliphatic rings. The summed E-state index contributed by atoms with van der Waals surface area (Å²) < 4.78 is 8.25. The summed E-state index contributed by atoms with van der Waals surface area (Å²) in [4.78, 5) is 0. The molecule has 0 saturated carbocycles. The van der Waals surface area contributed by atoms with E-state index in [0.29, 0.717) is 0 Å². The zero-order valence-corrected chi connectivity index (χ0v) is 6.67. The second kappa shape index (κ2) is 16.4. The first-order chi connectivity index (χ1) is 1.00. The van der Waals surface area contributed by atoms with Crippen molar-refractivity contribution in [2.24, 2.45) is 0 Å². The summed E-state index contributed by atoms with van der Waals surface area (Å²) >= 11 is 0.750. The van der Waals surface area contributed by atoms with Crippen molar-refractivity contribution < 1.29 is 59.3 Å². The van der Waals surface area contributed by atoms with Crippen LogP contribution in [0.25, 0.3) is 0 Å². The van der Waals surface area contributed by atoms with E-state index in [-0.39, 0.29) is 81.1 Å². The maximum atomic E-state index is 8.25. The van der Waals surface area contributed by atoms with Gasteiger partial charge in [-0.2, -0.15) is 0 Å². The van der Waals surface area contributed by atoms with Crippen LogP contribution in [-0.4, -0.2) is 45.5 Å². The van der Waals surface area contributed by atoms with E-state index >= 15 is 0 Å². The van der Waals surface area contributed by atoms with Crippen molar-refractivity contribution in [3.8, 4) is 0 Å². The summed E-state index contributed by atoms with van der Waals surface area (Å²) in [5, 5.41) is 0. The summed E-state index contributed by atoms with van der Waals surface area (Å²) in [6, 6.07) is 0. The van der Waals surface area contributed by atoms with Gasteiger partial charge in [-0.25, -0.2) is 0 Å². The van der Waals surface area contributed by atoms with Crippen LogP contribution in [-0.2, 0) is 23.7 Å². The van der Waals surface area contributed by atoms with Gasteiger partial charge in [-0.05, 0) is 0 Å². The zero-order chi connectivity index (χ0) is 2.00. The first kappa shape index (κ1) is 15.7. The van der Waals surface area contributed by atoms with Crippen molar-refractivity contribution in [2.45, 2.75) is 0 Å². The van der Waals surface area contributed by atoms with Crippen LogP contribution in [0.5, 0.6) is 0 Å². The molecular weight excluding hydrogens is 290 g/mol. The van der Waals surface area contributed by atoms with Crippen LogP contribution in [0, 0.1) is 35.6 Å². The summed E-state index contributed by atoms with van der Waals surface area (Å²) in [5.74, 6) is 0. The van der Waals surface area contributed by atoms with Crippen LogP contribution in [0.2, 0.25) is 0 Å². The van der Waals surface area contributed by atoms with Crippen molar-refractivity contribution in [2.75, 3.05) is 0 Å². The first-order valence-corrected chi connectivity index (χ1v) is 0.842. The Labute approximate surface area is 102 Å². The van der Waals surface area contributed by atoms with Gasteiger partial charge in [0, 0.05) is 35.6 Å². The standard InChI is InChI=1S/La.O.Sr.Ti.2H. The van der Waals surface area contributed by atoms with Crippen molar-refractivity contribution in [3.63, 3.8) is 0 Å². The predicted molar refractivity (Wildman–Crippen MR) is 9.23 cm³/mol. The topological polar surface area (TPSA) is 17.1 Å². The molecule has 0 heterocycles. The predicted octanol–water partition coefficient (Wildman–Crippen LogP) is -1.04. The third-order valence-corrected chi connectivity index (χ3v) is 0. The van der Waals surface area contributed by atoms with Gasteiger partial charge in [0.05, 0.1) is 0 Å². The maximum absolute atomic E-state index is 8.25. The van der Waals surface area contributed by atoms with Crippen LogP contribution in [0.3, 0.4) is 0 Å². The van der Waals surface area contributed by atoms with Gasteiger partial charge in [-0.15, -0.1) is 0 Å². The molecule has 4 heavy (non-hydrogen) atoms. The van der Waals surface area contributed by atoms with E-state index in [0.717, 1.165) is 20.4 Å². The molecular formula is H2LaOSrTi. The molecule has 0 saturated heterocycles. The molecule has 4 heteroatoms. The summed E-state index contributed by atoms with van der Waals surface area (Å²) in [6.07, 6.45) is 0. The Hall–Kier alpha value is 3.19. The molecule has 0 fully saturated rings. The van der Waals surface area contributed by atoms with Crippen LogP contribution in [0.4, 0.5) is 0 Å². The quantitative estimate of drug-likeness (QED) is 0.522. The second-order valence-corrected chi connectivity index (χ2v) is 0. The third-order valence-electron chi connectivity index (χ3n) is 0. The summed E-state index contributed by atoms with van der Waals surface area (Å²) in [6.45, 7) is 0. The average molecular weight is 292 g/mol. The van der Waals surface area contributed by atoms with Gasteiger partial charge in [0.25, 0.3) is 0 Å². The van der Waals surface area contributed by atoms with E-state index in [4.69, 9.17) is 3.32 Å². The minimum absolute atomic E-state index is 0. The molecule has 0 aromatic rings. The average Bonchev–Trinajstić information content (AvgIpc) is 1.00. The minimum atomic E-state index is 0.